The minimum absolute atomic E-state index is 0.118. The van der Waals surface area contributed by atoms with E-state index in [2.05, 4.69) is 0 Å². The molecule has 0 radical (unpaired) electrons. The van der Waals surface area contributed by atoms with Gasteiger partial charge in [-0.3, -0.25) is 0 Å². The van der Waals surface area contributed by atoms with Crippen LogP contribution in [0.3, 0.4) is 0 Å². The van der Waals surface area contributed by atoms with Gasteiger partial charge in [0.2, 0.25) is 14.9 Å². The van der Waals surface area contributed by atoms with Crippen LogP contribution in [0, 0.1) is 22.7 Å². The number of nitrogens with zero attached hydrogens (tertiary/aromatic N) is 2. The lowest BCUT2D eigenvalue weighted by molar-refractivity contribution is 0.441. The summed E-state index contributed by atoms with van der Waals surface area (Å²) in [5.41, 5.74) is 0.183. The molecule has 0 aliphatic heterocycles. The van der Waals surface area contributed by atoms with Crippen molar-refractivity contribution in [3.05, 3.63) is 53.8 Å². The third-order valence-corrected chi connectivity index (χ3v) is 4.51. The summed E-state index contributed by atoms with van der Waals surface area (Å²) in [5.74, 6) is 0.183. The van der Waals surface area contributed by atoms with Crippen LogP contribution in [-0.2, 0) is 9.84 Å². The maximum absolute atomic E-state index is 12.3. The van der Waals surface area contributed by atoms with E-state index in [1.54, 1.807) is 30.3 Å². The lowest BCUT2D eigenvalue weighted by Crippen LogP contribution is -1.99. The Morgan fingerprint density at radius 2 is 1.67 bits per heavy atom. The van der Waals surface area contributed by atoms with Gasteiger partial charge in [0, 0.05) is 5.57 Å². The van der Waals surface area contributed by atoms with Crippen molar-refractivity contribution >= 4 is 15.4 Å². The Hall–Kier alpha value is -2.83. The second-order valence-corrected chi connectivity index (χ2v) is 6.04. The van der Waals surface area contributed by atoms with Crippen LogP contribution in [0.5, 0.6) is 0 Å². The van der Waals surface area contributed by atoms with E-state index < -0.39 is 9.84 Å². The standard InChI is InChI=1S/C15H10N2O3S/c1-11(12(9-16)10-17)14-7-8-15(20-14)21(18,19)13-5-3-2-4-6-13/h2-8H,1H3. The van der Waals surface area contributed by atoms with Crippen LogP contribution in [-0.4, -0.2) is 8.42 Å². The van der Waals surface area contributed by atoms with Gasteiger partial charge in [-0.05, 0) is 31.2 Å². The summed E-state index contributed by atoms with van der Waals surface area (Å²) in [6, 6.07) is 14.1. The largest absolute Gasteiger partial charge is 0.445 e. The smallest absolute Gasteiger partial charge is 0.239 e. The molecule has 0 aliphatic rings. The Balaban J connectivity index is 2.50. The van der Waals surface area contributed by atoms with Gasteiger partial charge in [0.15, 0.2) is 0 Å². The predicted octanol–water partition coefficient (Wildman–Crippen LogP) is 2.93. The molecule has 2 aromatic rings. The van der Waals surface area contributed by atoms with Crippen molar-refractivity contribution in [1.29, 1.82) is 10.5 Å². The first kappa shape index (κ1) is 14.6. The Morgan fingerprint density at radius 3 is 2.24 bits per heavy atom. The number of rotatable bonds is 3. The monoisotopic (exact) mass is 298 g/mol. The molecule has 0 N–H and O–H groups in total. The van der Waals surface area contributed by atoms with Crippen molar-refractivity contribution < 1.29 is 12.8 Å². The molecule has 0 aliphatic carbocycles. The minimum atomic E-state index is -3.75. The number of hydrogen-bond acceptors (Lipinski definition) is 5. The lowest BCUT2D eigenvalue weighted by atomic mass is 10.1. The van der Waals surface area contributed by atoms with Gasteiger partial charge in [0.25, 0.3) is 0 Å². The lowest BCUT2D eigenvalue weighted by Gasteiger charge is -2.01. The fourth-order valence-corrected chi connectivity index (χ4v) is 2.89. The van der Waals surface area contributed by atoms with Crippen molar-refractivity contribution in [1.82, 2.24) is 0 Å². The van der Waals surface area contributed by atoms with Crippen LogP contribution >= 0.6 is 0 Å². The highest BCUT2D eigenvalue weighted by atomic mass is 32.2. The summed E-state index contributed by atoms with van der Waals surface area (Å²) in [4.78, 5) is 0.119. The molecule has 0 atom stereocenters. The average Bonchev–Trinajstić information content (AvgIpc) is 3.00. The third kappa shape index (κ3) is 2.71. The molecule has 0 bridgehead atoms. The molecule has 0 unspecified atom stereocenters. The molecular formula is C15H10N2O3S. The number of benzene rings is 1. The van der Waals surface area contributed by atoms with E-state index in [0.717, 1.165) is 0 Å². The van der Waals surface area contributed by atoms with Crippen LogP contribution in [0.2, 0.25) is 0 Å². The van der Waals surface area contributed by atoms with Gasteiger partial charge in [0.05, 0.1) is 4.90 Å². The minimum Gasteiger partial charge on any atom is -0.445 e. The van der Waals surface area contributed by atoms with Crippen molar-refractivity contribution in [2.45, 2.75) is 16.9 Å². The summed E-state index contributed by atoms with van der Waals surface area (Å²) in [5, 5.41) is 17.4. The number of hydrogen-bond donors (Lipinski definition) is 0. The Labute approximate surface area is 122 Å². The number of allylic oxidation sites excluding steroid dienone is 2. The van der Waals surface area contributed by atoms with Crippen molar-refractivity contribution in [3.8, 4) is 12.1 Å². The maximum atomic E-state index is 12.3. The van der Waals surface area contributed by atoms with Gasteiger partial charge >= 0.3 is 0 Å². The highest BCUT2D eigenvalue weighted by Gasteiger charge is 2.22. The Morgan fingerprint density at radius 1 is 1.05 bits per heavy atom. The van der Waals surface area contributed by atoms with Crippen molar-refractivity contribution in [2.75, 3.05) is 0 Å². The molecule has 104 valence electrons. The zero-order valence-corrected chi connectivity index (χ0v) is 11.9. The van der Waals surface area contributed by atoms with Gasteiger partial charge < -0.3 is 4.42 Å². The molecule has 0 saturated carbocycles. The molecule has 2 rings (SSSR count). The molecule has 21 heavy (non-hydrogen) atoms. The molecule has 0 saturated heterocycles. The maximum Gasteiger partial charge on any atom is 0.239 e. The molecule has 6 heteroatoms. The summed E-state index contributed by atoms with van der Waals surface area (Å²) >= 11 is 0. The Kier molecular flexibility index (Phi) is 3.93. The van der Waals surface area contributed by atoms with Crippen molar-refractivity contribution in [2.24, 2.45) is 0 Å². The highest BCUT2D eigenvalue weighted by Crippen LogP contribution is 2.26. The van der Waals surface area contributed by atoms with E-state index >= 15 is 0 Å². The zero-order valence-electron chi connectivity index (χ0n) is 11.1. The highest BCUT2D eigenvalue weighted by molar-refractivity contribution is 7.91. The fourth-order valence-electron chi connectivity index (χ4n) is 1.70. The predicted molar refractivity (Wildman–Crippen MR) is 74.4 cm³/mol. The second kappa shape index (κ2) is 5.66. The Bertz CT molecular complexity index is 863. The summed E-state index contributed by atoms with van der Waals surface area (Å²) in [7, 11) is -3.75. The number of sulfone groups is 1. The van der Waals surface area contributed by atoms with Gasteiger partial charge in [0.1, 0.15) is 23.5 Å². The first-order chi connectivity index (χ1) is 10.0. The van der Waals surface area contributed by atoms with Gasteiger partial charge in [-0.1, -0.05) is 18.2 Å². The fraction of sp³-hybridized carbons (Fsp3) is 0.0667. The van der Waals surface area contributed by atoms with E-state index in [1.807, 2.05) is 0 Å². The molecule has 0 amide bonds. The molecule has 5 nitrogen and oxygen atoms in total. The summed E-state index contributed by atoms with van der Waals surface area (Å²) in [6.45, 7) is 1.53. The van der Waals surface area contributed by atoms with E-state index in [4.69, 9.17) is 14.9 Å². The van der Waals surface area contributed by atoms with Crippen LogP contribution in [0.15, 0.2) is 62.4 Å². The van der Waals surface area contributed by atoms with Crippen LogP contribution in [0.25, 0.3) is 5.57 Å². The van der Waals surface area contributed by atoms with Gasteiger partial charge in [-0.25, -0.2) is 8.42 Å². The SMILES string of the molecule is CC(=C(C#N)C#N)c1ccc(S(=O)(=O)c2ccccc2)o1. The second-order valence-electron chi connectivity index (χ2n) is 4.16. The molecule has 1 aromatic heterocycles. The summed E-state index contributed by atoms with van der Waals surface area (Å²) in [6.07, 6.45) is 0. The van der Waals surface area contributed by atoms with E-state index in [0.29, 0.717) is 5.57 Å². The quantitative estimate of drug-likeness (QED) is 0.812. The molecule has 1 heterocycles. The van der Waals surface area contributed by atoms with E-state index in [9.17, 15) is 8.42 Å². The molecule has 1 aromatic carbocycles. The third-order valence-electron chi connectivity index (χ3n) is 2.87. The average molecular weight is 298 g/mol. The van der Waals surface area contributed by atoms with E-state index in [-0.39, 0.29) is 21.3 Å². The van der Waals surface area contributed by atoms with Crippen LogP contribution < -0.4 is 0 Å². The van der Waals surface area contributed by atoms with Gasteiger partial charge in [-0.15, -0.1) is 0 Å². The van der Waals surface area contributed by atoms with E-state index in [1.165, 1.54) is 31.2 Å². The molecule has 0 fully saturated rings. The first-order valence-corrected chi connectivity index (χ1v) is 7.40. The zero-order chi connectivity index (χ0) is 15.5. The first-order valence-electron chi connectivity index (χ1n) is 5.92. The number of furan rings is 1. The topological polar surface area (TPSA) is 94.9 Å². The van der Waals surface area contributed by atoms with Crippen LogP contribution in [0.1, 0.15) is 12.7 Å². The van der Waals surface area contributed by atoms with Gasteiger partial charge in [-0.2, -0.15) is 10.5 Å². The number of nitriles is 2. The summed E-state index contributed by atoms with van der Waals surface area (Å²) < 4.78 is 30.0. The molecule has 0 spiro atoms. The molecular weight excluding hydrogens is 288 g/mol. The normalized spacial score (nSPS) is 10.4. The van der Waals surface area contributed by atoms with Crippen molar-refractivity contribution in [3.63, 3.8) is 0 Å². The van der Waals surface area contributed by atoms with Crippen LogP contribution in [0.4, 0.5) is 0 Å².